The van der Waals surface area contributed by atoms with E-state index in [9.17, 15) is 5.11 Å². The molecule has 5 aromatic rings. The van der Waals surface area contributed by atoms with Crippen LogP contribution in [0.3, 0.4) is 0 Å². The monoisotopic (exact) mass is 470 g/mol. The highest BCUT2D eigenvalue weighted by molar-refractivity contribution is 6.31. The second kappa shape index (κ2) is 9.12. The topological polar surface area (TPSA) is 56.5 Å². The average Bonchev–Trinajstić information content (AvgIpc) is 3.28. The van der Waals surface area contributed by atoms with E-state index in [2.05, 4.69) is 30.3 Å². The number of methoxy groups -OCH3 is 2. The number of rotatable bonds is 6. The van der Waals surface area contributed by atoms with Crippen molar-refractivity contribution in [2.24, 2.45) is 0 Å². The van der Waals surface area contributed by atoms with Crippen molar-refractivity contribution in [3.05, 3.63) is 95.5 Å². The van der Waals surface area contributed by atoms with Gasteiger partial charge in [-0.25, -0.2) is 0 Å². The molecule has 5 rings (SSSR count). The summed E-state index contributed by atoms with van der Waals surface area (Å²) in [5, 5.41) is 18.4. The normalized spacial score (nSPS) is 11.0. The fourth-order valence-electron chi connectivity index (χ4n) is 4.11. The van der Waals surface area contributed by atoms with Gasteiger partial charge in [0.1, 0.15) is 5.75 Å². The molecule has 6 heteroatoms. The van der Waals surface area contributed by atoms with E-state index in [-0.39, 0.29) is 5.75 Å². The standard InChI is InChI=1S/C28H23ClN2O3/c1-33-27-12-7-18(13-28(27)34-2)17-31-25(23-15-22(29)10-11-26(23)32)16-24(30-31)21-9-8-19-5-3-4-6-20(19)14-21/h3-16,32H,17H2,1-2H3. The Labute approximate surface area is 202 Å². The summed E-state index contributed by atoms with van der Waals surface area (Å²) in [7, 11) is 3.23. The van der Waals surface area contributed by atoms with E-state index in [0.717, 1.165) is 27.9 Å². The number of ether oxygens (including phenoxy) is 2. The molecule has 170 valence electrons. The van der Waals surface area contributed by atoms with Crippen molar-refractivity contribution in [3.63, 3.8) is 0 Å². The zero-order valence-electron chi connectivity index (χ0n) is 18.8. The van der Waals surface area contributed by atoms with Gasteiger partial charge in [0.25, 0.3) is 0 Å². The van der Waals surface area contributed by atoms with Gasteiger partial charge in [-0.05, 0) is 58.8 Å². The van der Waals surface area contributed by atoms with Gasteiger partial charge in [0.05, 0.1) is 32.2 Å². The lowest BCUT2D eigenvalue weighted by molar-refractivity contribution is 0.354. The fraction of sp³-hybridized carbons (Fsp3) is 0.107. The lowest BCUT2D eigenvalue weighted by Gasteiger charge is -2.12. The predicted octanol–water partition coefficient (Wildman–Crippen LogP) is 6.79. The smallest absolute Gasteiger partial charge is 0.161 e. The van der Waals surface area contributed by atoms with Gasteiger partial charge >= 0.3 is 0 Å². The second-order valence-corrected chi connectivity index (χ2v) is 8.42. The van der Waals surface area contributed by atoms with E-state index >= 15 is 0 Å². The highest BCUT2D eigenvalue weighted by atomic mass is 35.5. The van der Waals surface area contributed by atoms with E-state index in [4.69, 9.17) is 26.2 Å². The minimum atomic E-state index is 0.142. The number of fused-ring (bicyclic) bond motifs is 1. The molecular formula is C28H23ClN2O3. The Morgan fingerprint density at radius 2 is 1.62 bits per heavy atom. The van der Waals surface area contributed by atoms with Gasteiger partial charge in [-0.3, -0.25) is 4.68 Å². The maximum Gasteiger partial charge on any atom is 0.161 e. The molecule has 0 aliphatic heterocycles. The van der Waals surface area contributed by atoms with Crippen molar-refractivity contribution >= 4 is 22.4 Å². The molecule has 0 aliphatic rings. The number of aromatic hydroxyl groups is 1. The van der Waals surface area contributed by atoms with Gasteiger partial charge in [0.2, 0.25) is 0 Å². The molecule has 0 saturated heterocycles. The Morgan fingerprint density at radius 3 is 2.41 bits per heavy atom. The van der Waals surface area contributed by atoms with Crippen molar-refractivity contribution in [1.29, 1.82) is 0 Å². The third-order valence-corrected chi connectivity index (χ3v) is 6.08. The Bertz CT molecular complexity index is 1490. The SMILES string of the molecule is COc1ccc(Cn2nc(-c3ccc4ccccc4c3)cc2-c2cc(Cl)ccc2O)cc1OC. The third-order valence-electron chi connectivity index (χ3n) is 5.84. The maximum atomic E-state index is 10.6. The molecule has 0 unspecified atom stereocenters. The van der Waals surface area contributed by atoms with Crippen LogP contribution in [0.25, 0.3) is 33.3 Å². The fourth-order valence-corrected chi connectivity index (χ4v) is 4.28. The van der Waals surface area contributed by atoms with Crippen molar-refractivity contribution < 1.29 is 14.6 Å². The maximum absolute atomic E-state index is 10.6. The summed E-state index contributed by atoms with van der Waals surface area (Å²) in [6.07, 6.45) is 0. The quantitative estimate of drug-likeness (QED) is 0.296. The first-order chi connectivity index (χ1) is 16.6. The van der Waals surface area contributed by atoms with Crippen LogP contribution >= 0.6 is 11.6 Å². The molecule has 0 atom stereocenters. The summed E-state index contributed by atoms with van der Waals surface area (Å²) in [4.78, 5) is 0. The van der Waals surface area contributed by atoms with Crippen molar-refractivity contribution in [2.75, 3.05) is 14.2 Å². The van der Waals surface area contributed by atoms with Crippen LogP contribution in [0.4, 0.5) is 0 Å². The molecule has 1 N–H and O–H groups in total. The lowest BCUT2D eigenvalue weighted by Crippen LogP contribution is -2.05. The number of benzene rings is 4. The number of nitrogens with zero attached hydrogens (tertiary/aromatic N) is 2. The highest BCUT2D eigenvalue weighted by Crippen LogP contribution is 2.36. The van der Waals surface area contributed by atoms with Crippen LogP contribution in [-0.4, -0.2) is 29.1 Å². The Balaban J connectivity index is 1.63. The van der Waals surface area contributed by atoms with Crippen LogP contribution in [0.1, 0.15) is 5.56 Å². The number of phenolic OH excluding ortho intramolecular Hbond substituents is 1. The molecule has 0 spiro atoms. The Hall–Kier alpha value is -3.96. The van der Waals surface area contributed by atoms with Crippen LogP contribution in [0, 0.1) is 0 Å². The Morgan fingerprint density at radius 1 is 0.824 bits per heavy atom. The van der Waals surface area contributed by atoms with Crippen LogP contribution < -0.4 is 9.47 Å². The molecule has 0 aliphatic carbocycles. The first-order valence-corrected chi connectivity index (χ1v) is 11.2. The first-order valence-electron chi connectivity index (χ1n) is 10.8. The van der Waals surface area contributed by atoms with Crippen LogP contribution in [-0.2, 0) is 6.54 Å². The summed E-state index contributed by atoms with van der Waals surface area (Å²) < 4.78 is 12.7. The number of phenols is 1. The summed E-state index contributed by atoms with van der Waals surface area (Å²) in [5.74, 6) is 1.45. The zero-order chi connectivity index (χ0) is 23.7. The minimum absolute atomic E-state index is 0.142. The van der Waals surface area contributed by atoms with Crippen molar-refractivity contribution in [2.45, 2.75) is 6.54 Å². The summed E-state index contributed by atoms with van der Waals surface area (Å²) in [6.45, 7) is 0.467. The van der Waals surface area contributed by atoms with E-state index in [1.165, 1.54) is 5.39 Å². The molecule has 1 heterocycles. The molecule has 0 fully saturated rings. The van der Waals surface area contributed by atoms with Gasteiger partial charge in [-0.15, -0.1) is 0 Å². The van der Waals surface area contributed by atoms with Gasteiger partial charge in [0, 0.05) is 16.1 Å². The zero-order valence-corrected chi connectivity index (χ0v) is 19.6. The van der Waals surface area contributed by atoms with Crippen LogP contribution in [0.5, 0.6) is 17.2 Å². The predicted molar refractivity (Wildman–Crippen MR) is 136 cm³/mol. The number of aromatic nitrogens is 2. The van der Waals surface area contributed by atoms with E-state index in [0.29, 0.717) is 28.6 Å². The number of hydrogen-bond acceptors (Lipinski definition) is 4. The van der Waals surface area contributed by atoms with Gasteiger partial charge < -0.3 is 14.6 Å². The van der Waals surface area contributed by atoms with E-state index in [1.807, 2.05) is 41.1 Å². The van der Waals surface area contributed by atoms with E-state index in [1.54, 1.807) is 32.4 Å². The number of halogens is 1. The molecular weight excluding hydrogens is 448 g/mol. The molecule has 0 amide bonds. The molecule has 0 saturated carbocycles. The number of hydrogen-bond donors (Lipinski definition) is 1. The van der Waals surface area contributed by atoms with E-state index < -0.39 is 0 Å². The second-order valence-electron chi connectivity index (χ2n) is 7.99. The van der Waals surface area contributed by atoms with Crippen LogP contribution in [0.2, 0.25) is 5.02 Å². The average molecular weight is 471 g/mol. The summed E-state index contributed by atoms with van der Waals surface area (Å²) in [6, 6.07) is 27.3. The lowest BCUT2D eigenvalue weighted by atomic mass is 10.0. The summed E-state index contributed by atoms with van der Waals surface area (Å²) >= 11 is 6.27. The molecule has 0 bridgehead atoms. The van der Waals surface area contributed by atoms with Gasteiger partial charge in [-0.1, -0.05) is 54.1 Å². The molecule has 34 heavy (non-hydrogen) atoms. The first kappa shape index (κ1) is 21.9. The van der Waals surface area contributed by atoms with Crippen molar-refractivity contribution in [3.8, 4) is 39.8 Å². The molecule has 4 aromatic carbocycles. The largest absolute Gasteiger partial charge is 0.507 e. The highest BCUT2D eigenvalue weighted by Gasteiger charge is 2.16. The van der Waals surface area contributed by atoms with Gasteiger partial charge in [0.15, 0.2) is 11.5 Å². The molecule has 5 nitrogen and oxygen atoms in total. The minimum Gasteiger partial charge on any atom is -0.507 e. The third kappa shape index (κ3) is 4.18. The van der Waals surface area contributed by atoms with Crippen LogP contribution in [0.15, 0.2) is 84.9 Å². The van der Waals surface area contributed by atoms with Gasteiger partial charge in [-0.2, -0.15) is 5.10 Å². The van der Waals surface area contributed by atoms with Crippen molar-refractivity contribution in [1.82, 2.24) is 9.78 Å². The molecule has 0 radical (unpaired) electrons. The molecule has 1 aromatic heterocycles. The summed E-state index contributed by atoms with van der Waals surface area (Å²) in [5.41, 5.74) is 4.16. The Kier molecular flexibility index (Phi) is 5.86.